The minimum absolute atomic E-state index is 0.0552. The van der Waals surface area contributed by atoms with Crippen molar-refractivity contribution >= 4 is 46.3 Å². The zero-order valence-electron chi connectivity index (χ0n) is 22.4. The molecule has 2 heterocycles. The van der Waals surface area contributed by atoms with Crippen molar-refractivity contribution in [2.24, 2.45) is 0 Å². The van der Waals surface area contributed by atoms with Gasteiger partial charge < -0.3 is 24.6 Å². The van der Waals surface area contributed by atoms with Gasteiger partial charge in [0.15, 0.2) is 11.5 Å². The highest BCUT2D eigenvalue weighted by Gasteiger charge is 2.33. The van der Waals surface area contributed by atoms with Gasteiger partial charge in [-0.3, -0.25) is 0 Å². The number of rotatable bonds is 4. The lowest BCUT2D eigenvalue weighted by molar-refractivity contribution is 0.371. The van der Waals surface area contributed by atoms with Crippen LogP contribution in [0.5, 0.6) is 28.7 Å². The van der Waals surface area contributed by atoms with Crippen LogP contribution in [0.25, 0.3) is 28.5 Å². The fourth-order valence-corrected chi connectivity index (χ4v) is 5.73. The molecular weight excluding hydrogens is 545 g/mol. The van der Waals surface area contributed by atoms with Crippen molar-refractivity contribution in [2.75, 3.05) is 12.4 Å². The molecule has 2 N–H and O–H groups in total. The number of phenols is 1. The number of hydrogen-bond acceptors (Lipinski definition) is 5. The number of ether oxygens (including phenoxy) is 3. The fraction of sp³-hybridized carbons (Fsp3) is 0.152. The van der Waals surface area contributed by atoms with Crippen molar-refractivity contribution in [1.29, 1.82) is 0 Å². The molecule has 2 aliphatic heterocycles. The van der Waals surface area contributed by atoms with Crippen molar-refractivity contribution < 1.29 is 19.3 Å². The lowest BCUT2D eigenvalue weighted by atomic mass is 9.83. The second kappa shape index (κ2) is 9.84. The number of nitrogens with one attached hydrogen (secondary N) is 1. The number of fused-ring (bicyclic) bond motifs is 5. The van der Waals surface area contributed by atoms with Crippen LogP contribution in [-0.2, 0) is 0 Å². The summed E-state index contributed by atoms with van der Waals surface area (Å²) in [6, 6.07) is 20.4. The topological polar surface area (TPSA) is 60.0 Å². The summed E-state index contributed by atoms with van der Waals surface area (Å²) < 4.78 is 18.3. The molecule has 2 aliphatic rings. The first kappa shape index (κ1) is 26.2. The first-order valence-electron chi connectivity index (χ1n) is 12.8. The molecule has 0 radical (unpaired) electrons. The Morgan fingerprint density at radius 2 is 1.70 bits per heavy atom. The van der Waals surface area contributed by atoms with E-state index in [-0.39, 0.29) is 11.3 Å². The van der Waals surface area contributed by atoms with E-state index in [1.807, 2.05) is 30.3 Å². The highest BCUT2D eigenvalue weighted by atomic mass is 35.5. The first-order valence-corrected chi connectivity index (χ1v) is 13.6. The summed E-state index contributed by atoms with van der Waals surface area (Å²) in [6.07, 6.45) is 4.21. The zero-order chi connectivity index (χ0) is 28.2. The van der Waals surface area contributed by atoms with E-state index in [1.54, 1.807) is 37.4 Å². The molecule has 5 nitrogen and oxygen atoms in total. The molecule has 0 spiro atoms. The van der Waals surface area contributed by atoms with E-state index in [1.165, 1.54) is 0 Å². The van der Waals surface area contributed by atoms with Gasteiger partial charge in [-0.05, 0) is 80.4 Å². The van der Waals surface area contributed by atoms with Crippen LogP contribution in [0.2, 0.25) is 10.0 Å². The highest BCUT2D eigenvalue weighted by Crippen LogP contribution is 2.54. The lowest BCUT2D eigenvalue weighted by Crippen LogP contribution is -2.32. The van der Waals surface area contributed by atoms with Gasteiger partial charge in [0.05, 0.1) is 28.3 Å². The number of benzene rings is 4. The smallest absolute Gasteiger partial charge is 0.172 e. The van der Waals surface area contributed by atoms with Crippen molar-refractivity contribution in [1.82, 2.24) is 0 Å². The highest BCUT2D eigenvalue weighted by molar-refractivity contribution is 6.42. The Hall–Kier alpha value is -4.06. The molecule has 40 heavy (non-hydrogen) atoms. The third-order valence-corrected chi connectivity index (χ3v) is 7.69. The van der Waals surface area contributed by atoms with Gasteiger partial charge in [0.1, 0.15) is 23.0 Å². The van der Waals surface area contributed by atoms with E-state index in [9.17, 15) is 5.11 Å². The molecule has 0 unspecified atom stereocenters. The minimum Gasteiger partial charge on any atom is -0.504 e. The molecule has 6 rings (SSSR count). The maximum atomic E-state index is 10.6. The van der Waals surface area contributed by atoms with Crippen LogP contribution in [0.15, 0.2) is 72.8 Å². The summed E-state index contributed by atoms with van der Waals surface area (Å²) in [4.78, 5) is 0. The molecule has 0 saturated carbocycles. The molecule has 0 aliphatic carbocycles. The summed E-state index contributed by atoms with van der Waals surface area (Å²) in [5.41, 5.74) is 6.42. The minimum atomic E-state index is -0.200. The largest absolute Gasteiger partial charge is 0.504 e. The number of methoxy groups -OCH3 is 1. The molecule has 0 bridgehead atoms. The molecule has 0 atom stereocenters. The number of phenolic OH excluding ortho intramolecular Hbond substituents is 1. The van der Waals surface area contributed by atoms with E-state index < -0.39 is 0 Å². The van der Waals surface area contributed by atoms with Crippen LogP contribution >= 0.6 is 23.2 Å². The SMILES string of the molecule is COc1c(O)ccc2c1-c1ccc3c(c1/C(=C/c1cccc(Oc4ccc(Cl)c(Cl)c4)c1)O2)C(C)=CC(C)(C)N3. The number of allylic oxidation sites excluding steroid dienone is 1. The molecule has 0 aromatic heterocycles. The Balaban J connectivity index is 1.51. The van der Waals surface area contributed by atoms with Crippen molar-refractivity contribution in [2.45, 2.75) is 26.3 Å². The Morgan fingerprint density at radius 3 is 2.48 bits per heavy atom. The normalized spacial score (nSPS) is 15.7. The Kier molecular flexibility index (Phi) is 6.44. The van der Waals surface area contributed by atoms with Gasteiger partial charge in [-0.25, -0.2) is 0 Å². The summed E-state index contributed by atoms with van der Waals surface area (Å²) in [6.45, 7) is 6.39. The van der Waals surface area contributed by atoms with Crippen molar-refractivity contribution in [3.8, 4) is 39.9 Å². The maximum Gasteiger partial charge on any atom is 0.172 e. The van der Waals surface area contributed by atoms with Crippen LogP contribution < -0.4 is 19.5 Å². The van der Waals surface area contributed by atoms with Crippen LogP contribution in [0, 0.1) is 0 Å². The quantitative estimate of drug-likeness (QED) is 0.255. The number of hydrogen-bond donors (Lipinski definition) is 2. The molecule has 202 valence electrons. The standard InChI is InChI=1S/C33H27Cl2NO4/c1-18-17-33(2,3)36-25-11-9-22-30(29(18)25)28(40-27-13-12-26(37)32(38-4)31(22)27)15-19-6-5-7-20(14-19)39-21-8-10-23(34)24(35)16-21/h5-17,36-37H,1-4H3/b28-15-. The Morgan fingerprint density at radius 1 is 0.900 bits per heavy atom. The second-order valence-corrected chi connectivity index (χ2v) is 11.3. The summed E-state index contributed by atoms with van der Waals surface area (Å²) in [5.74, 6) is 2.93. The van der Waals surface area contributed by atoms with Gasteiger partial charge in [0.25, 0.3) is 0 Å². The van der Waals surface area contributed by atoms with Crippen molar-refractivity contribution in [3.63, 3.8) is 0 Å². The zero-order valence-corrected chi connectivity index (χ0v) is 23.9. The predicted molar refractivity (Wildman–Crippen MR) is 163 cm³/mol. The maximum absolute atomic E-state index is 10.6. The van der Waals surface area contributed by atoms with Gasteiger partial charge in [-0.1, -0.05) is 47.5 Å². The summed E-state index contributed by atoms with van der Waals surface area (Å²) in [7, 11) is 1.55. The number of halogens is 2. The molecule has 4 aromatic carbocycles. The monoisotopic (exact) mass is 571 g/mol. The van der Waals surface area contributed by atoms with E-state index in [0.29, 0.717) is 44.4 Å². The molecule has 0 amide bonds. The van der Waals surface area contributed by atoms with E-state index in [0.717, 1.165) is 33.5 Å². The fourth-order valence-electron chi connectivity index (χ4n) is 5.44. The molecule has 0 fully saturated rings. The van der Waals surface area contributed by atoms with Crippen LogP contribution in [0.3, 0.4) is 0 Å². The molecule has 7 heteroatoms. The number of aromatic hydroxyl groups is 1. The summed E-state index contributed by atoms with van der Waals surface area (Å²) in [5, 5.41) is 15.1. The van der Waals surface area contributed by atoms with Gasteiger partial charge in [-0.2, -0.15) is 0 Å². The van der Waals surface area contributed by atoms with Gasteiger partial charge in [0.2, 0.25) is 0 Å². The van der Waals surface area contributed by atoms with Gasteiger partial charge in [0, 0.05) is 28.4 Å². The van der Waals surface area contributed by atoms with E-state index in [2.05, 4.69) is 44.3 Å². The third-order valence-electron chi connectivity index (χ3n) is 6.95. The van der Waals surface area contributed by atoms with Crippen LogP contribution in [0.1, 0.15) is 37.5 Å². The first-order chi connectivity index (χ1) is 19.1. The molecule has 0 saturated heterocycles. The molecular formula is C33H27Cl2NO4. The van der Waals surface area contributed by atoms with E-state index >= 15 is 0 Å². The average molecular weight is 572 g/mol. The van der Waals surface area contributed by atoms with Gasteiger partial charge in [-0.15, -0.1) is 0 Å². The number of anilines is 1. The van der Waals surface area contributed by atoms with Crippen LogP contribution in [0.4, 0.5) is 5.69 Å². The van der Waals surface area contributed by atoms with Crippen LogP contribution in [-0.4, -0.2) is 17.8 Å². The lowest BCUT2D eigenvalue weighted by Gasteiger charge is -2.35. The Labute approximate surface area is 243 Å². The Bertz CT molecular complexity index is 1740. The summed E-state index contributed by atoms with van der Waals surface area (Å²) >= 11 is 12.2. The van der Waals surface area contributed by atoms with Crippen molar-refractivity contribution in [3.05, 3.63) is 99.5 Å². The van der Waals surface area contributed by atoms with E-state index in [4.69, 9.17) is 37.4 Å². The second-order valence-electron chi connectivity index (χ2n) is 10.4. The van der Waals surface area contributed by atoms with Gasteiger partial charge >= 0.3 is 0 Å². The predicted octanol–water partition coefficient (Wildman–Crippen LogP) is 9.66. The molecule has 4 aromatic rings. The third kappa shape index (κ3) is 4.66. The average Bonchev–Trinajstić information content (AvgIpc) is 2.90.